The predicted octanol–water partition coefficient (Wildman–Crippen LogP) is 3.13. The Morgan fingerprint density at radius 1 is 1.07 bits per heavy atom. The number of thioether (sulfide) groups is 1. The van der Waals surface area contributed by atoms with Gasteiger partial charge in [-0.15, -0.1) is 11.3 Å². The van der Waals surface area contributed by atoms with Crippen molar-refractivity contribution in [2.45, 2.75) is 4.34 Å². The molecule has 2 aromatic carbocycles. The highest BCUT2D eigenvalue weighted by Gasteiger charge is 2.10. The number of aromatic nitrogens is 1. The van der Waals surface area contributed by atoms with Crippen molar-refractivity contribution in [2.75, 3.05) is 25.5 Å². The number of rotatable bonds is 9. The molecule has 140 valence electrons. The average Bonchev–Trinajstić information content (AvgIpc) is 3.12. The van der Waals surface area contributed by atoms with E-state index < -0.39 is 5.97 Å². The molecule has 0 aliphatic rings. The van der Waals surface area contributed by atoms with E-state index in [1.807, 2.05) is 54.6 Å². The van der Waals surface area contributed by atoms with Crippen molar-refractivity contribution in [3.05, 3.63) is 54.6 Å². The second-order valence-corrected chi connectivity index (χ2v) is 7.66. The zero-order chi connectivity index (χ0) is 18.9. The van der Waals surface area contributed by atoms with Crippen LogP contribution in [-0.2, 0) is 14.3 Å². The number of esters is 1. The quantitative estimate of drug-likeness (QED) is 0.337. The normalized spacial score (nSPS) is 10.5. The Morgan fingerprint density at radius 2 is 1.85 bits per heavy atom. The highest BCUT2D eigenvalue weighted by molar-refractivity contribution is 8.01. The van der Waals surface area contributed by atoms with Crippen LogP contribution in [0.1, 0.15) is 0 Å². The van der Waals surface area contributed by atoms with E-state index in [0.717, 1.165) is 20.3 Å². The summed E-state index contributed by atoms with van der Waals surface area (Å²) in [5.74, 6) is 0.0505. The van der Waals surface area contributed by atoms with Crippen LogP contribution in [0, 0.1) is 0 Å². The molecule has 3 aromatic rings. The fraction of sp³-hybridized carbons (Fsp3) is 0.211. The number of amides is 1. The summed E-state index contributed by atoms with van der Waals surface area (Å²) < 4.78 is 12.3. The van der Waals surface area contributed by atoms with Gasteiger partial charge in [-0.25, -0.2) is 4.98 Å². The molecule has 27 heavy (non-hydrogen) atoms. The number of hydrogen-bond acceptors (Lipinski definition) is 7. The molecule has 0 aliphatic heterocycles. The molecular formula is C19H18N2O4S2. The Morgan fingerprint density at radius 3 is 2.67 bits per heavy atom. The summed E-state index contributed by atoms with van der Waals surface area (Å²) in [6, 6.07) is 17.1. The van der Waals surface area contributed by atoms with Gasteiger partial charge >= 0.3 is 5.97 Å². The fourth-order valence-electron chi connectivity index (χ4n) is 2.15. The van der Waals surface area contributed by atoms with Crippen LogP contribution >= 0.6 is 23.1 Å². The molecule has 0 bridgehead atoms. The molecule has 0 radical (unpaired) electrons. The first-order chi connectivity index (χ1) is 13.2. The van der Waals surface area contributed by atoms with Crippen molar-refractivity contribution in [2.24, 2.45) is 0 Å². The summed E-state index contributed by atoms with van der Waals surface area (Å²) in [5.41, 5.74) is 0.912. The van der Waals surface area contributed by atoms with Crippen LogP contribution in [0.5, 0.6) is 5.75 Å². The zero-order valence-electron chi connectivity index (χ0n) is 14.4. The molecule has 0 atom stereocenters. The van der Waals surface area contributed by atoms with E-state index >= 15 is 0 Å². The SMILES string of the molecule is O=C(COC(=O)CSc1nc2ccccc2s1)NCCOc1ccccc1. The lowest BCUT2D eigenvalue weighted by molar-refractivity contribution is -0.145. The smallest absolute Gasteiger partial charge is 0.316 e. The second kappa shape index (κ2) is 9.94. The molecular weight excluding hydrogens is 384 g/mol. The fourth-order valence-corrected chi connectivity index (χ4v) is 4.01. The van der Waals surface area contributed by atoms with E-state index in [1.54, 1.807) is 0 Å². The molecule has 1 amide bonds. The minimum Gasteiger partial charge on any atom is -0.492 e. The third-order valence-corrected chi connectivity index (χ3v) is 5.54. The number of para-hydroxylation sites is 2. The van der Waals surface area contributed by atoms with Gasteiger partial charge in [0.05, 0.1) is 22.5 Å². The van der Waals surface area contributed by atoms with Crippen LogP contribution in [0.2, 0.25) is 0 Å². The van der Waals surface area contributed by atoms with Gasteiger partial charge in [0.1, 0.15) is 12.4 Å². The predicted molar refractivity (Wildman–Crippen MR) is 106 cm³/mol. The molecule has 8 heteroatoms. The summed E-state index contributed by atoms with van der Waals surface area (Å²) in [6.45, 7) is 0.382. The molecule has 1 N–H and O–H groups in total. The number of nitrogens with zero attached hydrogens (tertiary/aromatic N) is 1. The van der Waals surface area contributed by atoms with Crippen molar-refractivity contribution in [3.63, 3.8) is 0 Å². The number of thiazole rings is 1. The third kappa shape index (κ3) is 6.26. The van der Waals surface area contributed by atoms with Gasteiger partial charge < -0.3 is 14.8 Å². The maximum absolute atomic E-state index is 11.8. The van der Waals surface area contributed by atoms with Gasteiger partial charge in [-0.05, 0) is 24.3 Å². The molecule has 1 aromatic heterocycles. The van der Waals surface area contributed by atoms with Gasteiger partial charge in [-0.3, -0.25) is 9.59 Å². The van der Waals surface area contributed by atoms with Gasteiger partial charge in [0.2, 0.25) is 0 Å². The van der Waals surface area contributed by atoms with Gasteiger partial charge in [-0.1, -0.05) is 42.1 Å². The minimum absolute atomic E-state index is 0.115. The lowest BCUT2D eigenvalue weighted by atomic mass is 10.3. The summed E-state index contributed by atoms with van der Waals surface area (Å²) in [4.78, 5) is 27.9. The monoisotopic (exact) mass is 402 g/mol. The minimum atomic E-state index is -0.449. The van der Waals surface area contributed by atoms with Gasteiger partial charge in [0.25, 0.3) is 5.91 Å². The third-order valence-electron chi connectivity index (χ3n) is 3.39. The Balaban J connectivity index is 1.29. The molecule has 3 rings (SSSR count). The number of ether oxygens (including phenoxy) is 2. The summed E-state index contributed by atoms with van der Waals surface area (Å²) in [5, 5.41) is 2.64. The maximum Gasteiger partial charge on any atom is 0.316 e. The summed E-state index contributed by atoms with van der Waals surface area (Å²) in [7, 11) is 0. The molecule has 0 saturated heterocycles. The highest BCUT2D eigenvalue weighted by Crippen LogP contribution is 2.29. The first-order valence-corrected chi connectivity index (χ1v) is 10.1. The number of carbonyl (C=O) groups is 2. The first kappa shape index (κ1) is 19.2. The lowest BCUT2D eigenvalue weighted by Gasteiger charge is -2.08. The number of fused-ring (bicyclic) bond motifs is 1. The number of benzene rings is 2. The molecule has 0 spiro atoms. The largest absolute Gasteiger partial charge is 0.492 e. The Kier molecular flexibility index (Phi) is 7.06. The second-order valence-electron chi connectivity index (χ2n) is 5.41. The van der Waals surface area contributed by atoms with E-state index in [1.165, 1.54) is 23.1 Å². The topological polar surface area (TPSA) is 77.5 Å². The molecule has 0 saturated carbocycles. The standard InChI is InChI=1S/C19H18N2O4S2/c22-17(20-10-11-24-14-6-2-1-3-7-14)12-25-18(23)13-26-19-21-15-8-4-5-9-16(15)27-19/h1-9H,10-13H2,(H,20,22). The van der Waals surface area contributed by atoms with Gasteiger partial charge in [0, 0.05) is 0 Å². The maximum atomic E-state index is 11.8. The van der Waals surface area contributed by atoms with Crippen molar-refractivity contribution in [1.29, 1.82) is 0 Å². The highest BCUT2D eigenvalue weighted by atomic mass is 32.2. The van der Waals surface area contributed by atoms with Gasteiger partial charge in [0.15, 0.2) is 10.9 Å². The first-order valence-electron chi connectivity index (χ1n) is 8.29. The Bertz CT molecular complexity index is 866. The van der Waals surface area contributed by atoms with Crippen LogP contribution in [0.4, 0.5) is 0 Å². The van der Waals surface area contributed by atoms with Crippen molar-refractivity contribution in [3.8, 4) is 5.75 Å². The van der Waals surface area contributed by atoms with Crippen molar-refractivity contribution >= 4 is 45.2 Å². The van der Waals surface area contributed by atoms with E-state index in [2.05, 4.69) is 10.3 Å². The number of carbonyl (C=O) groups excluding carboxylic acids is 2. The van der Waals surface area contributed by atoms with E-state index in [4.69, 9.17) is 9.47 Å². The van der Waals surface area contributed by atoms with Crippen LogP contribution < -0.4 is 10.1 Å². The van der Waals surface area contributed by atoms with Crippen LogP contribution in [0.3, 0.4) is 0 Å². The van der Waals surface area contributed by atoms with Crippen molar-refractivity contribution in [1.82, 2.24) is 10.3 Å². The summed E-state index contributed by atoms with van der Waals surface area (Å²) >= 11 is 2.83. The number of nitrogens with one attached hydrogen (secondary N) is 1. The number of hydrogen-bond donors (Lipinski definition) is 1. The molecule has 1 heterocycles. The van der Waals surface area contributed by atoms with Gasteiger partial charge in [-0.2, -0.15) is 0 Å². The molecule has 0 fully saturated rings. The zero-order valence-corrected chi connectivity index (χ0v) is 16.1. The molecule has 0 unspecified atom stereocenters. The molecule has 0 aliphatic carbocycles. The Labute approximate surface area is 164 Å². The van der Waals surface area contributed by atoms with E-state index in [-0.39, 0.29) is 18.3 Å². The van der Waals surface area contributed by atoms with Crippen LogP contribution in [0.15, 0.2) is 58.9 Å². The average molecular weight is 402 g/mol. The van der Waals surface area contributed by atoms with Crippen molar-refractivity contribution < 1.29 is 19.1 Å². The van der Waals surface area contributed by atoms with Crippen LogP contribution in [0.25, 0.3) is 10.2 Å². The van der Waals surface area contributed by atoms with E-state index in [9.17, 15) is 9.59 Å². The molecule has 6 nitrogen and oxygen atoms in total. The van der Waals surface area contributed by atoms with Crippen LogP contribution in [-0.4, -0.2) is 42.4 Å². The lowest BCUT2D eigenvalue weighted by Crippen LogP contribution is -2.32. The van der Waals surface area contributed by atoms with E-state index in [0.29, 0.717) is 13.2 Å². The summed E-state index contributed by atoms with van der Waals surface area (Å²) in [6.07, 6.45) is 0. The Hall–Kier alpha value is -2.58.